The van der Waals surface area contributed by atoms with Crippen LogP contribution in [0.1, 0.15) is 23.6 Å². The number of nitrogens with zero attached hydrogens (tertiary/aromatic N) is 3. The molecule has 1 fully saturated rings. The fraction of sp³-hybridized carbons (Fsp3) is 0.385. The quantitative estimate of drug-likeness (QED) is 0.872. The number of rotatable bonds is 2. The molecule has 3 rings (SSSR count). The van der Waals surface area contributed by atoms with Crippen molar-refractivity contribution in [3.8, 4) is 5.82 Å². The third kappa shape index (κ3) is 1.97. The van der Waals surface area contributed by atoms with Gasteiger partial charge in [0.1, 0.15) is 0 Å². The van der Waals surface area contributed by atoms with Gasteiger partial charge in [0, 0.05) is 18.7 Å². The van der Waals surface area contributed by atoms with Gasteiger partial charge in [-0.25, -0.2) is 9.67 Å². The first-order valence-corrected chi connectivity index (χ1v) is 6.10. The monoisotopic (exact) mass is 244 g/mol. The lowest BCUT2D eigenvalue weighted by molar-refractivity contribution is 0.193. The lowest BCUT2D eigenvalue weighted by Gasteiger charge is -2.04. The van der Waals surface area contributed by atoms with Gasteiger partial charge in [0.05, 0.1) is 24.2 Å². The molecule has 1 unspecified atom stereocenters. The number of nitrogen functional groups attached to an aromatic ring is 1. The zero-order chi connectivity index (χ0) is 12.5. The van der Waals surface area contributed by atoms with Gasteiger partial charge < -0.3 is 10.5 Å². The van der Waals surface area contributed by atoms with Crippen molar-refractivity contribution in [3.05, 3.63) is 35.8 Å². The molecule has 94 valence electrons. The highest BCUT2D eigenvalue weighted by molar-refractivity contribution is 5.45. The highest BCUT2D eigenvalue weighted by atomic mass is 16.5. The largest absolute Gasteiger partial charge is 0.396 e. The molecule has 0 spiro atoms. The van der Waals surface area contributed by atoms with Gasteiger partial charge in [-0.05, 0) is 31.0 Å². The van der Waals surface area contributed by atoms with Crippen molar-refractivity contribution >= 4 is 5.69 Å². The molecule has 1 aliphatic heterocycles. The van der Waals surface area contributed by atoms with Crippen molar-refractivity contribution in [2.45, 2.75) is 19.3 Å². The molecular formula is C13H16N4O. The first-order chi connectivity index (χ1) is 8.74. The highest BCUT2D eigenvalue weighted by Gasteiger charge is 2.23. The van der Waals surface area contributed by atoms with Gasteiger partial charge in [-0.15, -0.1) is 0 Å². The van der Waals surface area contributed by atoms with E-state index < -0.39 is 0 Å². The summed E-state index contributed by atoms with van der Waals surface area (Å²) in [6.07, 6.45) is 4.60. The molecule has 2 aromatic heterocycles. The van der Waals surface area contributed by atoms with Crippen LogP contribution in [0.2, 0.25) is 0 Å². The van der Waals surface area contributed by atoms with E-state index in [1.807, 2.05) is 25.3 Å². The van der Waals surface area contributed by atoms with Gasteiger partial charge in [-0.2, -0.15) is 5.10 Å². The van der Waals surface area contributed by atoms with Crippen molar-refractivity contribution in [2.75, 3.05) is 18.9 Å². The SMILES string of the molecule is Cc1ccnc(-n2cc(N)c(C3CCOC3)n2)c1. The van der Waals surface area contributed by atoms with E-state index in [1.165, 1.54) is 0 Å². The standard InChI is InChI=1S/C13H16N4O/c1-9-2-4-15-12(6-9)17-7-11(14)13(16-17)10-3-5-18-8-10/h2,4,6-7,10H,3,5,8,14H2,1H3. The zero-order valence-corrected chi connectivity index (χ0v) is 10.3. The van der Waals surface area contributed by atoms with Crippen molar-refractivity contribution in [1.29, 1.82) is 0 Å². The van der Waals surface area contributed by atoms with Crippen LogP contribution >= 0.6 is 0 Å². The molecule has 18 heavy (non-hydrogen) atoms. The molecule has 1 saturated heterocycles. The number of nitrogens with two attached hydrogens (primary N) is 1. The molecule has 3 heterocycles. The Kier molecular flexibility index (Phi) is 2.76. The maximum atomic E-state index is 6.03. The summed E-state index contributed by atoms with van der Waals surface area (Å²) < 4.78 is 7.13. The lowest BCUT2D eigenvalue weighted by atomic mass is 10.0. The normalized spacial score (nSPS) is 19.3. The predicted octanol–water partition coefficient (Wildman–Crippen LogP) is 1.66. The summed E-state index contributed by atoms with van der Waals surface area (Å²) in [4.78, 5) is 4.30. The van der Waals surface area contributed by atoms with Crippen LogP contribution in [-0.2, 0) is 4.74 Å². The van der Waals surface area contributed by atoms with Gasteiger partial charge in [0.15, 0.2) is 5.82 Å². The molecule has 0 saturated carbocycles. The number of aromatic nitrogens is 3. The van der Waals surface area contributed by atoms with Crippen molar-refractivity contribution < 1.29 is 4.74 Å². The van der Waals surface area contributed by atoms with Crippen LogP contribution in [0.3, 0.4) is 0 Å². The van der Waals surface area contributed by atoms with E-state index >= 15 is 0 Å². The van der Waals surface area contributed by atoms with Crippen molar-refractivity contribution in [2.24, 2.45) is 0 Å². The summed E-state index contributed by atoms with van der Waals surface area (Å²) in [6, 6.07) is 3.95. The topological polar surface area (TPSA) is 66.0 Å². The minimum Gasteiger partial charge on any atom is -0.396 e. The molecule has 0 aliphatic carbocycles. The number of hydrogen-bond donors (Lipinski definition) is 1. The van der Waals surface area contributed by atoms with Gasteiger partial charge in [0.2, 0.25) is 0 Å². The number of anilines is 1. The first kappa shape index (κ1) is 11.2. The van der Waals surface area contributed by atoms with Gasteiger partial charge in [-0.3, -0.25) is 0 Å². The van der Waals surface area contributed by atoms with Crippen LogP contribution in [0.4, 0.5) is 5.69 Å². The molecule has 0 amide bonds. The van der Waals surface area contributed by atoms with E-state index in [-0.39, 0.29) is 0 Å². The Bertz CT molecular complexity index is 558. The van der Waals surface area contributed by atoms with E-state index in [2.05, 4.69) is 10.1 Å². The van der Waals surface area contributed by atoms with E-state index in [0.717, 1.165) is 30.1 Å². The number of hydrogen-bond acceptors (Lipinski definition) is 4. The number of pyridine rings is 1. The Labute approximate surface area is 106 Å². The maximum absolute atomic E-state index is 6.03. The Morgan fingerprint density at radius 3 is 3.11 bits per heavy atom. The second kappa shape index (κ2) is 4.42. The van der Waals surface area contributed by atoms with E-state index in [4.69, 9.17) is 10.5 Å². The summed E-state index contributed by atoms with van der Waals surface area (Å²) in [6.45, 7) is 3.53. The summed E-state index contributed by atoms with van der Waals surface area (Å²) >= 11 is 0. The Balaban J connectivity index is 1.96. The fourth-order valence-corrected chi connectivity index (χ4v) is 2.23. The second-order valence-electron chi connectivity index (χ2n) is 4.67. The average molecular weight is 244 g/mol. The predicted molar refractivity (Wildman–Crippen MR) is 68.7 cm³/mol. The summed E-state index contributed by atoms with van der Waals surface area (Å²) in [5.41, 5.74) is 8.83. The van der Waals surface area contributed by atoms with Crippen molar-refractivity contribution in [3.63, 3.8) is 0 Å². The molecular weight excluding hydrogens is 228 g/mol. The molecule has 0 bridgehead atoms. The second-order valence-corrected chi connectivity index (χ2v) is 4.67. The van der Waals surface area contributed by atoms with Crippen LogP contribution in [0.25, 0.3) is 5.82 Å². The van der Waals surface area contributed by atoms with Gasteiger partial charge >= 0.3 is 0 Å². The summed E-state index contributed by atoms with van der Waals surface area (Å²) in [5, 5.41) is 4.55. The Morgan fingerprint density at radius 1 is 1.50 bits per heavy atom. The van der Waals surface area contributed by atoms with Gasteiger partial charge in [0.25, 0.3) is 0 Å². The molecule has 5 heteroatoms. The number of ether oxygens (including phenoxy) is 1. The average Bonchev–Trinajstić information content (AvgIpc) is 2.97. The molecule has 5 nitrogen and oxygen atoms in total. The molecule has 0 aromatic carbocycles. The third-order valence-corrected chi connectivity index (χ3v) is 3.22. The molecule has 1 atom stereocenters. The van der Waals surface area contributed by atoms with Crippen molar-refractivity contribution in [1.82, 2.24) is 14.8 Å². The lowest BCUT2D eigenvalue weighted by Crippen LogP contribution is -2.03. The molecule has 2 N–H and O–H groups in total. The van der Waals surface area contributed by atoms with E-state index in [9.17, 15) is 0 Å². The zero-order valence-electron chi connectivity index (χ0n) is 10.3. The van der Waals surface area contributed by atoms with E-state index in [1.54, 1.807) is 10.9 Å². The highest BCUT2D eigenvalue weighted by Crippen LogP contribution is 2.28. The van der Waals surface area contributed by atoms with Crippen LogP contribution in [-0.4, -0.2) is 28.0 Å². The van der Waals surface area contributed by atoms with Crippen LogP contribution < -0.4 is 5.73 Å². The smallest absolute Gasteiger partial charge is 0.153 e. The van der Waals surface area contributed by atoms with Crippen LogP contribution in [0.15, 0.2) is 24.5 Å². The summed E-state index contributed by atoms with van der Waals surface area (Å²) in [5.74, 6) is 1.11. The van der Waals surface area contributed by atoms with Crippen LogP contribution in [0.5, 0.6) is 0 Å². The molecule has 0 radical (unpaired) electrons. The Morgan fingerprint density at radius 2 is 2.39 bits per heavy atom. The molecule has 1 aliphatic rings. The molecule has 2 aromatic rings. The first-order valence-electron chi connectivity index (χ1n) is 6.10. The summed E-state index contributed by atoms with van der Waals surface area (Å²) in [7, 11) is 0. The minimum atomic E-state index is 0.316. The number of aryl methyl sites for hydroxylation is 1. The van der Waals surface area contributed by atoms with Gasteiger partial charge in [-0.1, -0.05) is 0 Å². The Hall–Kier alpha value is -1.88. The van der Waals surface area contributed by atoms with E-state index in [0.29, 0.717) is 18.2 Å². The maximum Gasteiger partial charge on any atom is 0.153 e. The third-order valence-electron chi connectivity index (χ3n) is 3.22. The van der Waals surface area contributed by atoms with Crippen LogP contribution in [0, 0.1) is 6.92 Å². The minimum absolute atomic E-state index is 0.316. The fourth-order valence-electron chi connectivity index (χ4n) is 2.23.